The van der Waals surface area contributed by atoms with Gasteiger partial charge in [-0.2, -0.15) is 0 Å². The van der Waals surface area contributed by atoms with Crippen LogP contribution in [0.2, 0.25) is 0 Å². The van der Waals surface area contributed by atoms with E-state index >= 15 is 0 Å². The lowest BCUT2D eigenvalue weighted by atomic mass is 9.33. The first kappa shape index (κ1) is 50.5. The molecule has 7 fully saturated rings. The molecule has 0 aromatic carbocycles. The van der Waals surface area contributed by atoms with Crippen LogP contribution < -0.4 is 0 Å². The maximum Gasteiger partial charge on any atom is 0.335 e. The van der Waals surface area contributed by atoms with Crippen molar-refractivity contribution in [2.75, 3.05) is 19.8 Å². The topological polar surface area (TPSA) is 312 Å². The number of carbonyl (C=O) groups is 2. The number of ether oxygens (including phenoxy) is 6. The molecule has 23 atom stereocenters. The van der Waals surface area contributed by atoms with Gasteiger partial charge in [0.05, 0.1) is 31.3 Å². The Kier molecular flexibility index (Phi) is 13.6. The quantitative estimate of drug-likeness (QED) is 0.0813. The zero-order chi connectivity index (χ0) is 48.3. The molecular formula is C47H74O19. The van der Waals surface area contributed by atoms with Crippen molar-refractivity contribution < 1.29 is 94.2 Å². The van der Waals surface area contributed by atoms with Crippen molar-refractivity contribution in [3.05, 3.63) is 11.6 Å². The Hall–Kier alpha value is -1.92. The molecule has 3 saturated heterocycles. The van der Waals surface area contributed by atoms with Crippen molar-refractivity contribution in [2.45, 2.75) is 198 Å². The van der Waals surface area contributed by atoms with Crippen molar-refractivity contribution in [1.82, 2.24) is 0 Å². The second-order valence-electron chi connectivity index (χ2n) is 22.9. The molecule has 0 amide bonds. The molecule has 19 heteroatoms. The lowest BCUT2D eigenvalue weighted by Crippen LogP contribution is -2.67. The van der Waals surface area contributed by atoms with E-state index in [9.17, 15) is 65.8 Å². The Morgan fingerprint density at radius 1 is 0.712 bits per heavy atom. The third kappa shape index (κ3) is 7.73. The van der Waals surface area contributed by atoms with Crippen molar-refractivity contribution in [2.24, 2.45) is 50.2 Å². The first-order chi connectivity index (χ1) is 30.8. The van der Waals surface area contributed by atoms with E-state index in [0.717, 1.165) is 19.3 Å². The van der Waals surface area contributed by atoms with E-state index in [1.807, 2.05) is 6.92 Å². The highest BCUT2D eigenvalue weighted by Gasteiger charge is 2.70. The van der Waals surface area contributed by atoms with Crippen LogP contribution >= 0.6 is 0 Å². The zero-order valence-electron chi connectivity index (χ0n) is 38.8. The van der Waals surface area contributed by atoms with Crippen LogP contribution in [-0.2, 0) is 38.0 Å². The third-order valence-electron chi connectivity index (χ3n) is 19.0. The van der Waals surface area contributed by atoms with E-state index in [2.05, 4.69) is 40.7 Å². The SMILES string of the molecule is CC1(C)CC[C@]2(C(=O)O[C@@H]3O[C@H](CO)[C@@H](O)[C@H](O)[C@H]3O)CC[C@]3(C)C(=CC[C@@H]4[C@@]5(C)CC[C@H](O[C@@H]6O[C@H](C(=O)O)[C@@H](O)[C@H](O[C@@H]7OC[C@H](O)[C@H](O)[C@H]7O)[C@H]6O)[C@@](C)(CO)[C@@H]5CC[C@]43C)[C@@H]2C1. The molecule has 5 aliphatic carbocycles. The van der Waals surface area contributed by atoms with Crippen molar-refractivity contribution in [1.29, 1.82) is 0 Å². The maximum atomic E-state index is 14.7. The fourth-order valence-electron chi connectivity index (χ4n) is 14.8. The molecule has 0 spiro atoms. The van der Waals surface area contributed by atoms with Gasteiger partial charge in [-0.15, -0.1) is 0 Å². The van der Waals surface area contributed by atoms with Crippen LogP contribution in [0.1, 0.15) is 106 Å². The minimum Gasteiger partial charge on any atom is -0.479 e. The summed E-state index contributed by atoms with van der Waals surface area (Å²) in [7, 11) is 0. The van der Waals surface area contributed by atoms with Gasteiger partial charge in [-0.25, -0.2) is 4.79 Å². The average molecular weight is 943 g/mol. The number of fused-ring (bicyclic) bond motifs is 7. The zero-order valence-corrected chi connectivity index (χ0v) is 38.8. The molecule has 66 heavy (non-hydrogen) atoms. The lowest BCUT2D eigenvalue weighted by molar-refractivity contribution is -0.358. The summed E-state index contributed by atoms with van der Waals surface area (Å²) in [5, 5.41) is 116. The molecule has 0 aromatic rings. The van der Waals surface area contributed by atoms with Crippen LogP contribution in [0.5, 0.6) is 0 Å². The largest absolute Gasteiger partial charge is 0.479 e. The average Bonchev–Trinajstić information content (AvgIpc) is 3.26. The number of allylic oxidation sites excluding steroid dienone is 2. The van der Waals surface area contributed by atoms with Crippen molar-refractivity contribution >= 4 is 11.9 Å². The highest BCUT2D eigenvalue weighted by atomic mass is 16.7. The minimum atomic E-state index is -1.95. The van der Waals surface area contributed by atoms with Gasteiger partial charge < -0.3 is 84.6 Å². The number of carbonyl (C=O) groups excluding carboxylic acids is 1. The summed E-state index contributed by atoms with van der Waals surface area (Å²) < 4.78 is 34.9. The van der Waals surface area contributed by atoms with Gasteiger partial charge in [0.2, 0.25) is 6.29 Å². The van der Waals surface area contributed by atoms with Crippen LogP contribution in [-0.4, -0.2) is 180 Å². The highest BCUT2D eigenvalue weighted by molar-refractivity contribution is 5.79. The summed E-state index contributed by atoms with van der Waals surface area (Å²) in [6.45, 7) is 12.0. The molecule has 0 aromatic heterocycles. The molecule has 8 rings (SSSR count). The summed E-state index contributed by atoms with van der Waals surface area (Å²) in [4.78, 5) is 27.0. The molecule has 8 aliphatic rings. The van der Waals surface area contributed by atoms with Crippen molar-refractivity contribution in [3.63, 3.8) is 0 Å². The number of aliphatic carboxylic acids is 1. The molecule has 3 aliphatic heterocycles. The molecule has 19 nitrogen and oxygen atoms in total. The first-order valence-electron chi connectivity index (χ1n) is 23.9. The Labute approximate surface area is 385 Å². The van der Waals surface area contributed by atoms with Gasteiger partial charge in [-0.05, 0) is 104 Å². The van der Waals surface area contributed by atoms with Gasteiger partial charge in [0.1, 0.15) is 61.0 Å². The van der Waals surface area contributed by atoms with Crippen LogP contribution in [0.3, 0.4) is 0 Å². The molecule has 3 heterocycles. The summed E-state index contributed by atoms with van der Waals surface area (Å²) >= 11 is 0. The molecule has 0 bridgehead atoms. The summed E-state index contributed by atoms with van der Waals surface area (Å²) in [5.74, 6) is -2.26. The van der Waals surface area contributed by atoms with E-state index in [0.29, 0.717) is 44.9 Å². The molecule has 0 unspecified atom stereocenters. The Bertz CT molecular complexity index is 1850. The van der Waals surface area contributed by atoms with E-state index in [1.165, 1.54) is 5.57 Å². The standard InChI is InChI=1S/C47H74O19/c1-42(2)13-15-47(41(60)66-39-32(55)30(53)29(52)24(18-48)62-39)16-14-45(5)21(22(47)17-42)7-8-26-43(3)11-10-27(44(4,20-49)25(43)9-12-46(26,45)6)63-40-34(57)35(33(56)36(65-40)37(58)59)64-38-31(54)28(51)23(50)19-61-38/h7,22-36,38-40,48-57H,8-20H2,1-6H3,(H,58,59)/t22-,23-,24+,25+,26+,27-,28-,29+,30-,31+,32+,33-,34+,35-,36-,38-,39-,40+,43-,44-,45+,46+,47-/m0/s1. The van der Waals surface area contributed by atoms with Crippen LogP contribution in [0.15, 0.2) is 11.6 Å². The predicted octanol–water partition coefficient (Wildman–Crippen LogP) is -0.156. The summed E-state index contributed by atoms with van der Waals surface area (Å²) in [5.41, 5.74) is -1.66. The fraction of sp³-hybridized carbons (Fsp3) is 0.915. The Morgan fingerprint density at radius 2 is 1.39 bits per heavy atom. The molecule has 4 saturated carbocycles. The van der Waals surface area contributed by atoms with Gasteiger partial charge in [0.25, 0.3) is 0 Å². The van der Waals surface area contributed by atoms with E-state index in [4.69, 9.17) is 28.4 Å². The number of rotatable bonds is 9. The number of esters is 1. The lowest BCUT2D eigenvalue weighted by Gasteiger charge is -2.71. The van der Waals surface area contributed by atoms with Crippen LogP contribution in [0.25, 0.3) is 0 Å². The Balaban J connectivity index is 1.04. The molecule has 376 valence electrons. The fourth-order valence-corrected chi connectivity index (χ4v) is 14.8. The van der Waals surface area contributed by atoms with Gasteiger partial charge in [0.15, 0.2) is 18.7 Å². The second kappa shape index (κ2) is 17.7. The highest BCUT2D eigenvalue weighted by Crippen LogP contribution is 2.76. The predicted molar refractivity (Wildman–Crippen MR) is 226 cm³/mol. The van der Waals surface area contributed by atoms with Crippen molar-refractivity contribution in [3.8, 4) is 0 Å². The normalized spacial score (nSPS) is 53.5. The first-order valence-corrected chi connectivity index (χ1v) is 23.9. The van der Waals surface area contributed by atoms with E-state index in [-0.39, 0.29) is 46.0 Å². The number of hydrogen-bond donors (Lipinski definition) is 11. The molecular weight excluding hydrogens is 868 g/mol. The Morgan fingerprint density at radius 3 is 2.06 bits per heavy atom. The smallest absolute Gasteiger partial charge is 0.335 e. The van der Waals surface area contributed by atoms with Gasteiger partial charge in [-0.3, -0.25) is 4.79 Å². The minimum absolute atomic E-state index is 0.0965. The van der Waals surface area contributed by atoms with Gasteiger partial charge in [-0.1, -0.05) is 53.2 Å². The molecule has 0 radical (unpaired) electrons. The summed E-state index contributed by atoms with van der Waals surface area (Å²) in [6, 6.07) is 0. The third-order valence-corrected chi connectivity index (χ3v) is 19.0. The summed E-state index contributed by atoms with van der Waals surface area (Å²) in [6.07, 6.45) is -15.3. The molecule has 11 N–H and O–H groups in total. The second-order valence-corrected chi connectivity index (χ2v) is 22.9. The van der Waals surface area contributed by atoms with Gasteiger partial charge in [0, 0.05) is 5.41 Å². The van der Waals surface area contributed by atoms with E-state index in [1.54, 1.807) is 0 Å². The number of carboxylic acids is 1. The number of carboxylic acid groups (broad SMARTS) is 1. The van der Waals surface area contributed by atoms with Crippen LogP contribution in [0, 0.1) is 50.2 Å². The van der Waals surface area contributed by atoms with Crippen LogP contribution in [0.4, 0.5) is 0 Å². The van der Waals surface area contributed by atoms with E-state index < -0.39 is 128 Å². The monoisotopic (exact) mass is 942 g/mol. The number of aliphatic hydroxyl groups is 10. The number of hydrogen-bond acceptors (Lipinski definition) is 18. The number of aliphatic hydroxyl groups excluding tert-OH is 10. The van der Waals surface area contributed by atoms with Gasteiger partial charge >= 0.3 is 11.9 Å². The maximum absolute atomic E-state index is 14.7.